The summed E-state index contributed by atoms with van der Waals surface area (Å²) in [7, 11) is 0. The van der Waals surface area contributed by atoms with Crippen molar-refractivity contribution in [3.05, 3.63) is 57.0 Å². The summed E-state index contributed by atoms with van der Waals surface area (Å²) in [5.41, 5.74) is 1.95. The van der Waals surface area contributed by atoms with Crippen molar-refractivity contribution in [2.24, 2.45) is 5.92 Å². The van der Waals surface area contributed by atoms with Crippen molar-refractivity contribution >= 4 is 58.0 Å². The van der Waals surface area contributed by atoms with Crippen LogP contribution in [0.5, 0.6) is 0 Å². The SMILES string of the molecule is Cc1c(Cl)cccc1NC(=O)C1CC(=O)N(c2cc(Cl)ccc2Cl)C1. The molecule has 2 aromatic rings. The van der Waals surface area contributed by atoms with E-state index in [0.717, 1.165) is 5.56 Å². The molecule has 0 radical (unpaired) electrons. The van der Waals surface area contributed by atoms with Crippen LogP contribution in [-0.2, 0) is 9.59 Å². The van der Waals surface area contributed by atoms with Gasteiger partial charge in [0, 0.05) is 28.7 Å². The first-order valence-electron chi connectivity index (χ1n) is 7.68. The van der Waals surface area contributed by atoms with E-state index in [1.54, 1.807) is 36.4 Å². The Balaban J connectivity index is 1.77. The van der Waals surface area contributed by atoms with Crippen LogP contribution in [0.4, 0.5) is 11.4 Å². The van der Waals surface area contributed by atoms with Crippen LogP contribution in [0, 0.1) is 12.8 Å². The van der Waals surface area contributed by atoms with Crippen molar-refractivity contribution in [2.45, 2.75) is 13.3 Å². The van der Waals surface area contributed by atoms with E-state index in [0.29, 0.717) is 26.4 Å². The largest absolute Gasteiger partial charge is 0.325 e. The predicted octanol–water partition coefficient (Wildman–Crippen LogP) is 4.95. The number of benzene rings is 2. The van der Waals surface area contributed by atoms with Gasteiger partial charge in [0.25, 0.3) is 0 Å². The summed E-state index contributed by atoms with van der Waals surface area (Å²) in [6, 6.07) is 10.2. The molecule has 0 bridgehead atoms. The molecule has 1 atom stereocenters. The Bertz CT molecular complexity index is 854. The summed E-state index contributed by atoms with van der Waals surface area (Å²) >= 11 is 18.2. The lowest BCUT2D eigenvalue weighted by atomic mass is 10.1. The van der Waals surface area contributed by atoms with Crippen LogP contribution < -0.4 is 10.2 Å². The number of hydrogen-bond donors (Lipinski definition) is 1. The molecule has 2 amide bonds. The van der Waals surface area contributed by atoms with Crippen molar-refractivity contribution in [1.82, 2.24) is 0 Å². The monoisotopic (exact) mass is 396 g/mol. The molecule has 0 aromatic heterocycles. The molecule has 25 heavy (non-hydrogen) atoms. The Hall–Kier alpha value is -1.75. The van der Waals surface area contributed by atoms with E-state index in [2.05, 4.69) is 5.32 Å². The first-order chi connectivity index (χ1) is 11.9. The van der Waals surface area contributed by atoms with Gasteiger partial charge in [-0.1, -0.05) is 40.9 Å². The molecule has 7 heteroatoms. The highest BCUT2D eigenvalue weighted by Crippen LogP contribution is 2.34. The second-order valence-electron chi connectivity index (χ2n) is 5.90. The highest BCUT2D eigenvalue weighted by atomic mass is 35.5. The number of carbonyl (C=O) groups is 2. The van der Waals surface area contributed by atoms with Gasteiger partial charge < -0.3 is 10.2 Å². The topological polar surface area (TPSA) is 49.4 Å². The van der Waals surface area contributed by atoms with Crippen molar-refractivity contribution in [2.75, 3.05) is 16.8 Å². The maximum Gasteiger partial charge on any atom is 0.229 e. The fourth-order valence-electron chi connectivity index (χ4n) is 2.79. The molecule has 0 saturated carbocycles. The smallest absolute Gasteiger partial charge is 0.229 e. The van der Waals surface area contributed by atoms with Gasteiger partial charge in [0.05, 0.1) is 16.6 Å². The summed E-state index contributed by atoms with van der Waals surface area (Å²) in [4.78, 5) is 26.4. The summed E-state index contributed by atoms with van der Waals surface area (Å²) < 4.78 is 0. The first-order valence-corrected chi connectivity index (χ1v) is 8.81. The molecule has 1 aliphatic heterocycles. The van der Waals surface area contributed by atoms with Crippen LogP contribution in [0.1, 0.15) is 12.0 Å². The molecule has 1 heterocycles. The van der Waals surface area contributed by atoms with Crippen LogP contribution in [0.2, 0.25) is 15.1 Å². The molecule has 1 unspecified atom stereocenters. The number of carbonyl (C=O) groups excluding carboxylic acids is 2. The number of amides is 2. The molecule has 1 N–H and O–H groups in total. The van der Waals surface area contributed by atoms with Crippen molar-refractivity contribution in [1.29, 1.82) is 0 Å². The van der Waals surface area contributed by atoms with Gasteiger partial charge in [-0.25, -0.2) is 0 Å². The van der Waals surface area contributed by atoms with Gasteiger partial charge in [-0.3, -0.25) is 9.59 Å². The minimum Gasteiger partial charge on any atom is -0.325 e. The molecule has 1 saturated heterocycles. The van der Waals surface area contributed by atoms with Crippen LogP contribution >= 0.6 is 34.8 Å². The van der Waals surface area contributed by atoms with E-state index < -0.39 is 5.92 Å². The third-order valence-corrected chi connectivity index (χ3v) is 5.18. The van der Waals surface area contributed by atoms with Gasteiger partial charge in [-0.2, -0.15) is 0 Å². The maximum absolute atomic E-state index is 12.6. The standard InChI is InChI=1S/C18H15Cl3N2O2/c1-10-13(20)3-2-4-15(10)22-18(25)11-7-17(24)23(9-11)16-8-12(19)5-6-14(16)21/h2-6,8,11H,7,9H2,1H3,(H,22,25). The predicted molar refractivity (Wildman–Crippen MR) is 102 cm³/mol. The molecule has 0 spiro atoms. The van der Waals surface area contributed by atoms with E-state index in [9.17, 15) is 9.59 Å². The second kappa shape index (κ2) is 7.24. The van der Waals surface area contributed by atoms with E-state index in [4.69, 9.17) is 34.8 Å². The molecule has 1 aliphatic rings. The number of anilines is 2. The molecule has 4 nitrogen and oxygen atoms in total. The van der Waals surface area contributed by atoms with Crippen LogP contribution in [-0.4, -0.2) is 18.4 Å². The second-order valence-corrected chi connectivity index (χ2v) is 7.15. The van der Waals surface area contributed by atoms with Crippen molar-refractivity contribution in [3.8, 4) is 0 Å². The Morgan fingerprint density at radius 2 is 1.92 bits per heavy atom. The van der Waals surface area contributed by atoms with E-state index in [-0.39, 0.29) is 24.8 Å². The highest BCUT2D eigenvalue weighted by molar-refractivity contribution is 6.36. The molecule has 3 rings (SSSR count). The lowest BCUT2D eigenvalue weighted by Gasteiger charge is -2.18. The highest BCUT2D eigenvalue weighted by Gasteiger charge is 2.36. The number of nitrogens with zero attached hydrogens (tertiary/aromatic N) is 1. The van der Waals surface area contributed by atoms with Crippen molar-refractivity contribution < 1.29 is 9.59 Å². The Labute approximate surface area is 160 Å². The van der Waals surface area contributed by atoms with E-state index in [1.165, 1.54) is 4.90 Å². The maximum atomic E-state index is 12.6. The fraction of sp³-hybridized carbons (Fsp3) is 0.222. The van der Waals surface area contributed by atoms with E-state index in [1.807, 2.05) is 6.92 Å². The minimum atomic E-state index is -0.471. The molecular weight excluding hydrogens is 383 g/mol. The number of hydrogen-bond acceptors (Lipinski definition) is 2. The van der Waals surface area contributed by atoms with Gasteiger partial charge in [0.2, 0.25) is 11.8 Å². The van der Waals surface area contributed by atoms with Crippen molar-refractivity contribution in [3.63, 3.8) is 0 Å². The normalized spacial score (nSPS) is 17.0. The molecule has 1 fully saturated rings. The average molecular weight is 398 g/mol. The fourth-order valence-corrected chi connectivity index (χ4v) is 3.35. The molecule has 0 aliphatic carbocycles. The van der Waals surface area contributed by atoms with Gasteiger partial charge in [-0.15, -0.1) is 0 Å². The van der Waals surface area contributed by atoms with Crippen LogP contribution in [0.25, 0.3) is 0 Å². The summed E-state index contributed by atoms with van der Waals surface area (Å²) in [5, 5.41) is 4.33. The van der Waals surface area contributed by atoms with Gasteiger partial charge in [-0.05, 0) is 42.8 Å². The summed E-state index contributed by atoms with van der Waals surface area (Å²) in [5.74, 6) is -0.854. The van der Waals surface area contributed by atoms with Crippen LogP contribution in [0.3, 0.4) is 0 Å². The Morgan fingerprint density at radius 1 is 1.16 bits per heavy atom. The van der Waals surface area contributed by atoms with Gasteiger partial charge in [0.15, 0.2) is 0 Å². The third-order valence-electron chi connectivity index (χ3n) is 4.22. The first kappa shape index (κ1) is 18.1. The lowest BCUT2D eigenvalue weighted by molar-refractivity contribution is -0.122. The number of halogens is 3. The zero-order chi connectivity index (χ0) is 18.1. The zero-order valence-corrected chi connectivity index (χ0v) is 15.6. The van der Waals surface area contributed by atoms with E-state index >= 15 is 0 Å². The molecule has 130 valence electrons. The molecular formula is C18H15Cl3N2O2. The number of rotatable bonds is 3. The Kier molecular flexibility index (Phi) is 5.23. The third kappa shape index (κ3) is 3.76. The zero-order valence-electron chi connectivity index (χ0n) is 13.4. The average Bonchev–Trinajstić information content (AvgIpc) is 2.96. The minimum absolute atomic E-state index is 0.119. The summed E-state index contributed by atoms with van der Waals surface area (Å²) in [6.45, 7) is 2.08. The lowest BCUT2D eigenvalue weighted by Crippen LogP contribution is -2.28. The van der Waals surface area contributed by atoms with Gasteiger partial charge >= 0.3 is 0 Å². The summed E-state index contributed by atoms with van der Waals surface area (Å²) in [6.07, 6.45) is 0.119. The molecule has 2 aromatic carbocycles. The quantitative estimate of drug-likeness (QED) is 0.797. The Morgan fingerprint density at radius 3 is 2.68 bits per heavy atom. The van der Waals surface area contributed by atoms with Gasteiger partial charge in [0.1, 0.15) is 0 Å². The number of nitrogens with one attached hydrogen (secondary N) is 1. The van der Waals surface area contributed by atoms with Crippen LogP contribution in [0.15, 0.2) is 36.4 Å².